The van der Waals surface area contributed by atoms with Gasteiger partial charge < -0.3 is 26.2 Å². The van der Waals surface area contributed by atoms with Gasteiger partial charge in [0, 0.05) is 6.54 Å². The van der Waals surface area contributed by atoms with Gasteiger partial charge in [-0.3, -0.25) is 4.79 Å². The Kier molecular flexibility index (Phi) is 4.70. The van der Waals surface area contributed by atoms with Gasteiger partial charge in [-0.25, -0.2) is 9.59 Å². The van der Waals surface area contributed by atoms with E-state index >= 15 is 0 Å². The zero-order chi connectivity index (χ0) is 12.8. The molecule has 0 bridgehead atoms. The molecular formula is C9H15N3O5. The fraction of sp³-hybridized carbons (Fsp3) is 0.667. The quantitative estimate of drug-likeness (QED) is 0.392. The normalized spacial score (nSPS) is 21.2. The van der Waals surface area contributed by atoms with Crippen molar-refractivity contribution >= 4 is 17.9 Å². The summed E-state index contributed by atoms with van der Waals surface area (Å²) < 4.78 is 0. The Labute approximate surface area is 97.4 Å². The molecule has 1 aliphatic rings. The van der Waals surface area contributed by atoms with Crippen LogP contribution in [0.5, 0.6) is 0 Å². The molecule has 2 atom stereocenters. The van der Waals surface area contributed by atoms with E-state index in [1.165, 1.54) is 0 Å². The number of hydrogen-bond acceptors (Lipinski definition) is 4. The van der Waals surface area contributed by atoms with Crippen LogP contribution >= 0.6 is 0 Å². The number of amides is 3. The number of carbonyl (C=O) groups is 3. The number of carboxylic acids is 1. The topological polar surface area (TPSA) is 128 Å². The van der Waals surface area contributed by atoms with Gasteiger partial charge in [-0.1, -0.05) is 0 Å². The Morgan fingerprint density at radius 1 is 1.53 bits per heavy atom. The molecule has 1 fully saturated rings. The van der Waals surface area contributed by atoms with E-state index in [1.54, 1.807) is 0 Å². The lowest BCUT2D eigenvalue weighted by atomic mass is 10.1. The fourth-order valence-electron chi connectivity index (χ4n) is 1.45. The Bertz CT molecular complexity index is 320. The molecule has 0 saturated carbocycles. The third-order valence-corrected chi connectivity index (χ3v) is 2.38. The molecule has 0 aromatic rings. The number of carbonyl (C=O) groups excluding carboxylic acids is 2. The van der Waals surface area contributed by atoms with Crippen LogP contribution in [0.2, 0.25) is 0 Å². The van der Waals surface area contributed by atoms with Gasteiger partial charge >= 0.3 is 12.0 Å². The van der Waals surface area contributed by atoms with E-state index in [4.69, 9.17) is 10.2 Å². The third-order valence-electron chi connectivity index (χ3n) is 2.38. The van der Waals surface area contributed by atoms with Crippen molar-refractivity contribution in [1.29, 1.82) is 0 Å². The molecule has 8 heteroatoms. The van der Waals surface area contributed by atoms with Crippen LogP contribution in [0, 0.1) is 0 Å². The van der Waals surface area contributed by atoms with Gasteiger partial charge in [-0.05, 0) is 12.8 Å². The van der Waals surface area contributed by atoms with Crippen molar-refractivity contribution in [3.63, 3.8) is 0 Å². The van der Waals surface area contributed by atoms with Gasteiger partial charge in [0.2, 0.25) is 5.91 Å². The number of nitrogens with one attached hydrogen (secondary N) is 3. The number of rotatable bonds is 4. The zero-order valence-corrected chi connectivity index (χ0v) is 9.10. The molecule has 3 amide bonds. The summed E-state index contributed by atoms with van der Waals surface area (Å²) >= 11 is 0. The molecule has 17 heavy (non-hydrogen) atoms. The Morgan fingerprint density at radius 3 is 2.76 bits per heavy atom. The molecule has 1 saturated heterocycles. The molecule has 0 aromatic carbocycles. The predicted octanol–water partition coefficient (Wildman–Crippen LogP) is -1.99. The highest BCUT2D eigenvalue weighted by atomic mass is 16.4. The van der Waals surface area contributed by atoms with Crippen LogP contribution in [-0.4, -0.2) is 53.4 Å². The number of aliphatic hydroxyl groups excluding tert-OH is 1. The van der Waals surface area contributed by atoms with E-state index in [0.29, 0.717) is 13.0 Å². The second kappa shape index (κ2) is 6.04. The molecule has 1 rings (SSSR count). The van der Waals surface area contributed by atoms with E-state index in [-0.39, 0.29) is 5.91 Å². The highest BCUT2D eigenvalue weighted by Gasteiger charge is 2.25. The first-order valence-electron chi connectivity index (χ1n) is 5.23. The first-order valence-corrected chi connectivity index (χ1v) is 5.23. The summed E-state index contributed by atoms with van der Waals surface area (Å²) in [5, 5.41) is 24.3. The summed E-state index contributed by atoms with van der Waals surface area (Å²) in [6.07, 6.45) is 1.26. The molecule has 1 aliphatic heterocycles. The number of piperidine rings is 1. The van der Waals surface area contributed by atoms with E-state index in [2.05, 4.69) is 16.0 Å². The maximum absolute atomic E-state index is 11.4. The van der Waals surface area contributed by atoms with Crippen molar-refractivity contribution in [2.45, 2.75) is 24.9 Å². The zero-order valence-electron chi connectivity index (χ0n) is 9.10. The number of hydrogen-bond donors (Lipinski definition) is 5. The average Bonchev–Trinajstić information content (AvgIpc) is 2.28. The first kappa shape index (κ1) is 13.2. The number of urea groups is 1. The first-order chi connectivity index (χ1) is 8.04. The van der Waals surface area contributed by atoms with Crippen LogP contribution in [0.25, 0.3) is 0 Å². The summed E-state index contributed by atoms with van der Waals surface area (Å²) in [5.41, 5.74) is 0. The highest BCUT2D eigenvalue weighted by molar-refractivity contribution is 5.89. The van der Waals surface area contributed by atoms with Gasteiger partial charge in [0.25, 0.3) is 0 Å². The van der Waals surface area contributed by atoms with Crippen molar-refractivity contribution in [3.05, 3.63) is 0 Å². The number of carboxylic acid groups (broad SMARTS) is 1. The minimum atomic E-state index is -1.37. The molecule has 0 aromatic heterocycles. The van der Waals surface area contributed by atoms with E-state index in [0.717, 1.165) is 6.42 Å². The molecule has 5 N–H and O–H groups in total. The van der Waals surface area contributed by atoms with Crippen LogP contribution in [0.1, 0.15) is 12.8 Å². The largest absolute Gasteiger partial charge is 0.480 e. The summed E-state index contributed by atoms with van der Waals surface area (Å²) in [4.78, 5) is 33.2. The maximum atomic E-state index is 11.4. The van der Waals surface area contributed by atoms with Gasteiger partial charge in [0.1, 0.15) is 6.04 Å². The van der Waals surface area contributed by atoms with Crippen molar-refractivity contribution in [1.82, 2.24) is 16.0 Å². The van der Waals surface area contributed by atoms with Crippen molar-refractivity contribution in [3.8, 4) is 0 Å². The molecule has 8 nitrogen and oxygen atoms in total. The van der Waals surface area contributed by atoms with Crippen LogP contribution in [-0.2, 0) is 9.59 Å². The second-order valence-corrected chi connectivity index (χ2v) is 3.68. The third kappa shape index (κ3) is 3.91. The van der Waals surface area contributed by atoms with Gasteiger partial charge in [-0.15, -0.1) is 0 Å². The van der Waals surface area contributed by atoms with Crippen molar-refractivity contribution in [2.24, 2.45) is 0 Å². The molecule has 96 valence electrons. The molecule has 0 radical (unpaired) electrons. The Hall–Kier alpha value is -1.83. The lowest BCUT2D eigenvalue weighted by Crippen LogP contribution is -2.55. The van der Waals surface area contributed by atoms with Gasteiger partial charge in [0.15, 0.2) is 6.04 Å². The number of aliphatic hydroxyl groups is 1. The van der Waals surface area contributed by atoms with Crippen molar-refractivity contribution in [2.75, 3.05) is 13.2 Å². The average molecular weight is 245 g/mol. The minimum Gasteiger partial charge on any atom is -0.480 e. The lowest BCUT2D eigenvalue weighted by molar-refractivity contribution is -0.140. The summed E-state index contributed by atoms with van der Waals surface area (Å²) in [6, 6.07) is -2.81. The standard InChI is InChI=1S/C9H15N3O5/c13-4-6(8(15)16)12-9(17)11-5-2-1-3-10-7(5)14/h5-6,13H,1-4H2,(H,10,14)(H,15,16)(H2,11,12,17). The lowest BCUT2D eigenvalue weighted by Gasteiger charge is -2.23. The summed E-state index contributed by atoms with van der Waals surface area (Å²) in [7, 11) is 0. The van der Waals surface area contributed by atoms with E-state index in [1.807, 2.05) is 0 Å². The van der Waals surface area contributed by atoms with Gasteiger partial charge in [-0.2, -0.15) is 0 Å². The highest BCUT2D eigenvalue weighted by Crippen LogP contribution is 2.02. The minimum absolute atomic E-state index is 0.290. The van der Waals surface area contributed by atoms with Crippen LogP contribution < -0.4 is 16.0 Å². The monoisotopic (exact) mass is 245 g/mol. The van der Waals surface area contributed by atoms with Gasteiger partial charge in [0.05, 0.1) is 6.61 Å². The SMILES string of the molecule is O=C(NC(CO)C(=O)O)NC1CCCNC1=O. The van der Waals surface area contributed by atoms with Crippen LogP contribution in [0.15, 0.2) is 0 Å². The summed E-state index contributed by atoms with van der Waals surface area (Å²) in [6.45, 7) is -0.132. The fourth-order valence-corrected chi connectivity index (χ4v) is 1.45. The summed E-state index contributed by atoms with van der Waals surface area (Å²) in [5.74, 6) is -1.63. The molecular weight excluding hydrogens is 230 g/mol. The molecule has 0 aliphatic carbocycles. The predicted molar refractivity (Wildman–Crippen MR) is 56.2 cm³/mol. The van der Waals surface area contributed by atoms with Crippen molar-refractivity contribution < 1.29 is 24.6 Å². The van der Waals surface area contributed by atoms with Crippen LogP contribution in [0.3, 0.4) is 0 Å². The Balaban J connectivity index is 2.42. The van der Waals surface area contributed by atoms with E-state index in [9.17, 15) is 14.4 Å². The molecule has 0 spiro atoms. The van der Waals surface area contributed by atoms with E-state index < -0.39 is 30.7 Å². The van der Waals surface area contributed by atoms with Crippen LogP contribution in [0.4, 0.5) is 4.79 Å². The molecule has 1 heterocycles. The number of aliphatic carboxylic acids is 1. The maximum Gasteiger partial charge on any atom is 0.328 e. The second-order valence-electron chi connectivity index (χ2n) is 3.68. The Morgan fingerprint density at radius 2 is 2.24 bits per heavy atom. The molecule has 2 unspecified atom stereocenters. The smallest absolute Gasteiger partial charge is 0.328 e.